The van der Waals surface area contributed by atoms with Crippen LogP contribution < -0.4 is 0 Å². The second-order valence-electron chi connectivity index (χ2n) is 9.62. The maximum atomic E-state index is 5.65. The van der Waals surface area contributed by atoms with Gasteiger partial charge >= 0.3 is 0 Å². The Bertz CT molecular complexity index is 924. The fourth-order valence-electron chi connectivity index (χ4n) is 5.14. The number of morpholine rings is 1. The molecule has 32 heavy (non-hydrogen) atoms. The van der Waals surface area contributed by atoms with E-state index in [1.807, 2.05) is 24.8 Å². The van der Waals surface area contributed by atoms with Gasteiger partial charge in [0, 0.05) is 50.0 Å². The van der Waals surface area contributed by atoms with Gasteiger partial charge in [-0.1, -0.05) is 19.0 Å². The fourth-order valence-corrected chi connectivity index (χ4v) is 5.14. The molecule has 5 rings (SSSR count). The van der Waals surface area contributed by atoms with Crippen LogP contribution in [0.15, 0.2) is 35.4 Å². The normalized spacial score (nSPS) is 23.5. The van der Waals surface area contributed by atoms with Gasteiger partial charge in [-0.3, -0.25) is 9.80 Å². The molecule has 0 amide bonds. The Balaban J connectivity index is 1.22. The zero-order chi connectivity index (χ0) is 22.0. The highest BCUT2D eigenvalue weighted by Gasteiger charge is 2.50. The summed E-state index contributed by atoms with van der Waals surface area (Å²) in [6, 6.07) is 2.59. The molecular weight excluding hydrogens is 406 g/mol. The van der Waals surface area contributed by atoms with Gasteiger partial charge in [-0.05, 0) is 24.2 Å². The first-order chi connectivity index (χ1) is 15.6. The molecule has 1 saturated heterocycles. The Morgan fingerprint density at radius 1 is 1.09 bits per heavy atom. The molecule has 0 bridgehead atoms. The molecule has 172 valence electrons. The van der Waals surface area contributed by atoms with Crippen LogP contribution in [0, 0.1) is 11.3 Å². The van der Waals surface area contributed by atoms with Crippen molar-refractivity contribution in [1.82, 2.24) is 34.9 Å². The van der Waals surface area contributed by atoms with Crippen molar-refractivity contribution in [2.24, 2.45) is 11.3 Å². The van der Waals surface area contributed by atoms with Crippen LogP contribution in [0.2, 0.25) is 0 Å². The lowest BCUT2D eigenvalue weighted by Crippen LogP contribution is -2.58. The van der Waals surface area contributed by atoms with Gasteiger partial charge in [0.25, 0.3) is 0 Å². The Kier molecular flexibility index (Phi) is 6.12. The van der Waals surface area contributed by atoms with Gasteiger partial charge in [0.05, 0.1) is 38.5 Å². The van der Waals surface area contributed by atoms with Crippen molar-refractivity contribution in [2.45, 2.75) is 52.4 Å². The maximum absolute atomic E-state index is 5.65. The molecule has 0 spiro atoms. The van der Waals surface area contributed by atoms with E-state index in [1.54, 1.807) is 0 Å². The summed E-state index contributed by atoms with van der Waals surface area (Å²) in [5.41, 5.74) is 1.22. The molecule has 2 N–H and O–H groups in total. The minimum Gasteiger partial charge on any atom is -0.379 e. The van der Waals surface area contributed by atoms with Gasteiger partial charge in [-0.2, -0.15) is 0 Å². The molecular formula is C23H33N7O2. The van der Waals surface area contributed by atoms with Gasteiger partial charge in [0.15, 0.2) is 5.76 Å². The summed E-state index contributed by atoms with van der Waals surface area (Å²) < 4.78 is 11.1. The highest BCUT2D eigenvalue weighted by atomic mass is 16.5. The summed E-state index contributed by atoms with van der Waals surface area (Å²) in [7, 11) is 0. The molecule has 9 nitrogen and oxygen atoms in total. The standard InChI is InChI=1S/C23H33N7O2/c1-23(2)17(11-18-13-19(32-28-18)14-29-7-9-31-10-8-29)12-20(23)30(15-21-24-3-4-25-21)16-22-26-5-6-27-22/h3-6,13,17,20H,7-12,14-16H2,1-2H3,(H,24,25)(H,26,27). The second kappa shape index (κ2) is 9.17. The lowest BCUT2D eigenvalue weighted by molar-refractivity contribution is -0.0727. The number of nitrogens with zero attached hydrogens (tertiary/aromatic N) is 5. The number of aromatic amines is 2. The fraction of sp³-hybridized carbons (Fsp3) is 0.609. The molecule has 1 aliphatic heterocycles. The average Bonchev–Trinajstić information content (AvgIpc) is 3.55. The van der Waals surface area contributed by atoms with Gasteiger partial charge in [0.1, 0.15) is 11.6 Å². The first-order valence-electron chi connectivity index (χ1n) is 11.5. The van der Waals surface area contributed by atoms with E-state index < -0.39 is 0 Å². The summed E-state index contributed by atoms with van der Waals surface area (Å²) in [5, 5.41) is 4.38. The van der Waals surface area contributed by atoms with Crippen molar-refractivity contribution in [1.29, 1.82) is 0 Å². The number of H-pyrrole nitrogens is 2. The van der Waals surface area contributed by atoms with Crippen LogP contribution in [0.5, 0.6) is 0 Å². The van der Waals surface area contributed by atoms with Crippen LogP contribution in [-0.2, 0) is 30.8 Å². The zero-order valence-corrected chi connectivity index (χ0v) is 19.0. The van der Waals surface area contributed by atoms with E-state index in [0.717, 1.165) is 81.9 Å². The predicted octanol–water partition coefficient (Wildman–Crippen LogP) is 2.61. The van der Waals surface area contributed by atoms with E-state index in [0.29, 0.717) is 12.0 Å². The third-order valence-electron chi connectivity index (χ3n) is 7.22. The molecule has 3 aromatic rings. The third kappa shape index (κ3) is 4.65. The Morgan fingerprint density at radius 2 is 1.78 bits per heavy atom. The van der Waals surface area contributed by atoms with E-state index in [1.165, 1.54) is 0 Å². The van der Waals surface area contributed by atoms with Crippen molar-refractivity contribution in [3.63, 3.8) is 0 Å². The highest BCUT2D eigenvalue weighted by Crippen LogP contribution is 2.51. The first kappa shape index (κ1) is 21.4. The quantitative estimate of drug-likeness (QED) is 0.529. The Morgan fingerprint density at radius 3 is 2.38 bits per heavy atom. The van der Waals surface area contributed by atoms with E-state index in [2.05, 4.69) is 54.8 Å². The third-order valence-corrected chi connectivity index (χ3v) is 7.22. The van der Waals surface area contributed by atoms with Crippen molar-refractivity contribution < 1.29 is 9.26 Å². The first-order valence-corrected chi connectivity index (χ1v) is 11.5. The molecule has 3 aromatic heterocycles. The van der Waals surface area contributed by atoms with Gasteiger partial charge in [-0.15, -0.1) is 0 Å². The van der Waals surface area contributed by atoms with Crippen LogP contribution in [0.25, 0.3) is 0 Å². The van der Waals surface area contributed by atoms with Crippen LogP contribution in [0.1, 0.15) is 43.4 Å². The molecule has 4 heterocycles. The number of ether oxygens (including phenoxy) is 1. The van der Waals surface area contributed by atoms with Crippen molar-refractivity contribution >= 4 is 0 Å². The molecule has 1 aliphatic carbocycles. The van der Waals surface area contributed by atoms with E-state index in [-0.39, 0.29) is 5.41 Å². The van der Waals surface area contributed by atoms with Gasteiger partial charge < -0.3 is 19.2 Å². The molecule has 2 fully saturated rings. The summed E-state index contributed by atoms with van der Waals surface area (Å²) in [6.45, 7) is 10.6. The lowest BCUT2D eigenvalue weighted by Gasteiger charge is -2.56. The zero-order valence-electron chi connectivity index (χ0n) is 19.0. The van der Waals surface area contributed by atoms with Crippen molar-refractivity contribution in [3.05, 3.63) is 54.0 Å². The number of rotatable bonds is 9. The molecule has 0 radical (unpaired) electrons. The minimum atomic E-state index is 0.155. The Labute approximate surface area is 188 Å². The van der Waals surface area contributed by atoms with Crippen LogP contribution in [0.4, 0.5) is 0 Å². The molecule has 2 atom stereocenters. The van der Waals surface area contributed by atoms with E-state index >= 15 is 0 Å². The summed E-state index contributed by atoms with van der Waals surface area (Å²) in [6.07, 6.45) is 9.47. The molecule has 9 heteroatoms. The number of imidazole rings is 2. The topological polar surface area (TPSA) is 99.1 Å². The van der Waals surface area contributed by atoms with Crippen molar-refractivity contribution in [3.8, 4) is 0 Å². The molecule has 2 unspecified atom stereocenters. The molecule has 2 aliphatic rings. The number of hydrogen-bond acceptors (Lipinski definition) is 7. The van der Waals surface area contributed by atoms with Crippen LogP contribution >= 0.6 is 0 Å². The van der Waals surface area contributed by atoms with Gasteiger partial charge in [0.2, 0.25) is 0 Å². The second-order valence-corrected chi connectivity index (χ2v) is 9.62. The van der Waals surface area contributed by atoms with E-state index in [4.69, 9.17) is 9.26 Å². The lowest BCUT2D eigenvalue weighted by atomic mass is 9.56. The molecule has 0 aromatic carbocycles. The summed E-state index contributed by atoms with van der Waals surface area (Å²) in [5.74, 6) is 3.48. The van der Waals surface area contributed by atoms with Crippen LogP contribution in [0.3, 0.4) is 0 Å². The smallest absolute Gasteiger partial charge is 0.150 e. The SMILES string of the molecule is CC1(C)C(Cc2cc(CN3CCOCC3)on2)CC1N(Cc1ncc[nH]1)Cc1ncc[nH]1. The number of aromatic nitrogens is 5. The molecule has 1 saturated carbocycles. The predicted molar refractivity (Wildman–Crippen MR) is 118 cm³/mol. The van der Waals surface area contributed by atoms with Crippen LogP contribution in [-0.4, -0.2) is 67.2 Å². The Hall–Kier alpha value is -2.49. The average molecular weight is 440 g/mol. The minimum absolute atomic E-state index is 0.155. The summed E-state index contributed by atoms with van der Waals surface area (Å²) >= 11 is 0. The van der Waals surface area contributed by atoms with Gasteiger partial charge in [-0.25, -0.2) is 9.97 Å². The van der Waals surface area contributed by atoms with Crippen molar-refractivity contribution in [2.75, 3.05) is 26.3 Å². The number of nitrogens with one attached hydrogen (secondary N) is 2. The summed E-state index contributed by atoms with van der Waals surface area (Å²) in [4.78, 5) is 20.2. The number of hydrogen-bond donors (Lipinski definition) is 2. The highest BCUT2D eigenvalue weighted by molar-refractivity contribution is 5.12. The maximum Gasteiger partial charge on any atom is 0.150 e. The largest absolute Gasteiger partial charge is 0.379 e. The monoisotopic (exact) mass is 439 g/mol. The van der Waals surface area contributed by atoms with E-state index in [9.17, 15) is 0 Å².